The zero-order valence-corrected chi connectivity index (χ0v) is 19.2. The number of fused-ring (bicyclic) bond motifs is 1. The quantitative estimate of drug-likeness (QED) is 0.292. The molecule has 2 aromatic heterocycles. The number of carbonyl (C=O) groups excluding carboxylic acids is 1. The van der Waals surface area contributed by atoms with Crippen molar-refractivity contribution in [3.63, 3.8) is 0 Å². The first-order valence-electron chi connectivity index (χ1n) is 10.2. The summed E-state index contributed by atoms with van der Waals surface area (Å²) < 4.78 is 2.01. The summed E-state index contributed by atoms with van der Waals surface area (Å²) in [5.74, 6) is 0.446. The van der Waals surface area contributed by atoms with E-state index in [1.807, 2.05) is 48.1 Å². The average molecular weight is 452 g/mol. The van der Waals surface area contributed by atoms with Crippen molar-refractivity contribution in [2.24, 2.45) is 5.92 Å². The molecule has 4 rings (SSSR count). The topological polar surface area (TPSA) is 47.8 Å². The normalized spacial score (nSPS) is 12.5. The van der Waals surface area contributed by atoms with Crippen LogP contribution in [0.15, 0.2) is 54.9 Å². The van der Waals surface area contributed by atoms with E-state index in [0.29, 0.717) is 21.7 Å². The number of rotatable bonds is 6. The highest BCUT2D eigenvalue weighted by molar-refractivity contribution is 6.34. The van der Waals surface area contributed by atoms with E-state index >= 15 is 0 Å². The van der Waals surface area contributed by atoms with E-state index in [4.69, 9.17) is 28.3 Å². The van der Waals surface area contributed by atoms with E-state index in [1.54, 1.807) is 12.3 Å². The fraction of sp³-hybridized carbons (Fsp3) is 0.240. The molecule has 0 bridgehead atoms. The Balaban J connectivity index is 1.82. The van der Waals surface area contributed by atoms with E-state index < -0.39 is 0 Å². The van der Waals surface area contributed by atoms with Gasteiger partial charge in [0.25, 0.3) is 0 Å². The molecule has 0 saturated carbocycles. The Kier molecular flexibility index (Phi) is 6.12. The molecule has 6 heteroatoms. The van der Waals surface area contributed by atoms with E-state index in [0.717, 1.165) is 45.9 Å². The summed E-state index contributed by atoms with van der Waals surface area (Å²) in [6.07, 6.45) is 5.28. The Bertz CT molecular complexity index is 1250. The molecule has 4 nitrogen and oxygen atoms in total. The molecule has 0 aliphatic carbocycles. The zero-order chi connectivity index (χ0) is 22.1. The van der Waals surface area contributed by atoms with Crippen molar-refractivity contribution in [1.82, 2.24) is 14.8 Å². The fourth-order valence-electron chi connectivity index (χ4n) is 3.96. The van der Waals surface area contributed by atoms with E-state index in [9.17, 15) is 4.79 Å². The van der Waals surface area contributed by atoms with Crippen LogP contribution in [0.5, 0.6) is 0 Å². The van der Waals surface area contributed by atoms with Crippen molar-refractivity contribution < 1.29 is 4.79 Å². The number of pyridine rings is 1. The molecule has 0 saturated heterocycles. The highest BCUT2D eigenvalue weighted by Gasteiger charge is 2.20. The molecule has 31 heavy (non-hydrogen) atoms. The Morgan fingerprint density at radius 1 is 1.03 bits per heavy atom. The molecule has 0 aliphatic rings. The molecule has 0 aliphatic heterocycles. The monoisotopic (exact) mass is 451 g/mol. The highest BCUT2D eigenvalue weighted by Crippen LogP contribution is 2.37. The van der Waals surface area contributed by atoms with E-state index in [2.05, 4.69) is 24.9 Å². The lowest BCUT2D eigenvalue weighted by atomic mass is 9.97. The summed E-state index contributed by atoms with van der Waals surface area (Å²) in [5, 5.41) is 7.10. The van der Waals surface area contributed by atoms with E-state index in [-0.39, 0.29) is 6.04 Å². The number of nitrogens with zero attached hydrogens (tertiary/aromatic N) is 3. The number of hydrogen-bond acceptors (Lipinski definition) is 3. The minimum atomic E-state index is -0.00936. The van der Waals surface area contributed by atoms with Gasteiger partial charge in [0.1, 0.15) is 5.69 Å². The Hall–Kier alpha value is -2.69. The summed E-state index contributed by atoms with van der Waals surface area (Å²) in [7, 11) is 0. The van der Waals surface area contributed by atoms with Crippen molar-refractivity contribution in [2.75, 3.05) is 0 Å². The van der Waals surface area contributed by atoms with Crippen LogP contribution < -0.4 is 0 Å². The minimum absolute atomic E-state index is 0.00936. The third kappa shape index (κ3) is 4.36. The van der Waals surface area contributed by atoms with Crippen molar-refractivity contribution >= 4 is 40.4 Å². The van der Waals surface area contributed by atoms with Crippen LogP contribution in [0.3, 0.4) is 0 Å². The molecule has 0 N–H and O–H groups in total. The number of carbonyl (C=O) groups is 1. The van der Waals surface area contributed by atoms with Gasteiger partial charge in [0, 0.05) is 22.2 Å². The average Bonchev–Trinajstić information content (AvgIpc) is 3.14. The molecule has 1 atom stereocenters. The lowest BCUT2D eigenvalue weighted by Gasteiger charge is -2.21. The van der Waals surface area contributed by atoms with Crippen LogP contribution in [0.1, 0.15) is 47.9 Å². The van der Waals surface area contributed by atoms with Crippen LogP contribution in [0.25, 0.3) is 22.0 Å². The largest absolute Gasteiger partial charge is 0.296 e. The maximum absolute atomic E-state index is 11.0. The van der Waals surface area contributed by atoms with Gasteiger partial charge in [-0.3, -0.25) is 14.5 Å². The lowest BCUT2D eigenvalue weighted by molar-refractivity contribution is 0.111. The van der Waals surface area contributed by atoms with Gasteiger partial charge in [-0.15, -0.1) is 0 Å². The van der Waals surface area contributed by atoms with Crippen molar-refractivity contribution in [1.29, 1.82) is 0 Å². The van der Waals surface area contributed by atoms with Crippen LogP contribution in [-0.2, 0) is 0 Å². The molecule has 2 heterocycles. The number of aromatic nitrogens is 3. The second kappa shape index (κ2) is 8.81. The van der Waals surface area contributed by atoms with Gasteiger partial charge in [0.15, 0.2) is 6.29 Å². The smallest absolute Gasteiger partial charge is 0.168 e. The van der Waals surface area contributed by atoms with Crippen LogP contribution in [-0.4, -0.2) is 21.1 Å². The summed E-state index contributed by atoms with van der Waals surface area (Å²) in [5.41, 5.74) is 5.48. The summed E-state index contributed by atoms with van der Waals surface area (Å²) in [6, 6.07) is 13.6. The number of hydrogen-bond donors (Lipinski definition) is 0. The third-order valence-corrected chi connectivity index (χ3v) is 6.02. The van der Waals surface area contributed by atoms with Crippen LogP contribution in [0, 0.1) is 12.8 Å². The first-order chi connectivity index (χ1) is 14.9. The number of benzene rings is 2. The summed E-state index contributed by atoms with van der Waals surface area (Å²) in [4.78, 5) is 15.3. The minimum Gasteiger partial charge on any atom is -0.296 e. The second-order valence-electron chi connectivity index (χ2n) is 8.22. The number of halogens is 2. The molecule has 0 amide bonds. The molecule has 0 radical (unpaired) electrons. The maximum atomic E-state index is 11.0. The van der Waals surface area contributed by atoms with Gasteiger partial charge in [-0.05, 0) is 66.3 Å². The Morgan fingerprint density at radius 2 is 1.84 bits per heavy atom. The summed E-state index contributed by atoms with van der Waals surface area (Å²) >= 11 is 12.9. The third-order valence-electron chi connectivity index (χ3n) is 5.47. The lowest BCUT2D eigenvalue weighted by Crippen LogP contribution is -2.15. The second-order valence-corrected chi connectivity index (χ2v) is 9.06. The van der Waals surface area contributed by atoms with Crippen molar-refractivity contribution in [2.45, 2.75) is 33.2 Å². The molecule has 4 aromatic rings. The molecule has 2 aromatic carbocycles. The van der Waals surface area contributed by atoms with E-state index in [1.165, 1.54) is 0 Å². The zero-order valence-electron chi connectivity index (χ0n) is 17.6. The van der Waals surface area contributed by atoms with Gasteiger partial charge >= 0.3 is 0 Å². The molecule has 1 unspecified atom stereocenters. The molecule has 0 fully saturated rings. The summed E-state index contributed by atoms with van der Waals surface area (Å²) in [6.45, 7) is 6.39. The molecule has 0 spiro atoms. The molecule has 158 valence electrons. The SMILES string of the molecule is Cc1cc(Cl)ccc1-c1cc2cnn(C(CC(C)C)c3ccc(C=O)nc3)c2cc1Cl. The number of aldehydes is 1. The highest BCUT2D eigenvalue weighted by atomic mass is 35.5. The predicted molar refractivity (Wildman–Crippen MR) is 127 cm³/mol. The van der Waals surface area contributed by atoms with Gasteiger partial charge in [0.05, 0.1) is 22.8 Å². The van der Waals surface area contributed by atoms with Gasteiger partial charge in [-0.25, -0.2) is 0 Å². The molecular formula is C25H23Cl2N3O. The molecular weight excluding hydrogens is 429 g/mol. The standard InChI is InChI=1S/C25H23Cl2N3O/c1-15(2)8-24(17-4-6-20(14-31)28-12-17)30-25-11-23(27)22(10-18(25)13-29-30)21-7-5-19(26)9-16(21)3/h4-7,9-15,24H,8H2,1-3H3. The van der Waals surface area contributed by atoms with Crippen LogP contribution >= 0.6 is 23.2 Å². The predicted octanol–water partition coefficient (Wildman–Crippen LogP) is 7.16. The number of aryl methyl sites for hydroxylation is 1. The van der Waals surface area contributed by atoms with Gasteiger partial charge < -0.3 is 0 Å². The van der Waals surface area contributed by atoms with Crippen molar-refractivity contribution in [3.05, 3.63) is 81.7 Å². The first-order valence-corrected chi connectivity index (χ1v) is 11.0. The van der Waals surface area contributed by atoms with Gasteiger partial charge in [0.2, 0.25) is 0 Å². The van der Waals surface area contributed by atoms with Gasteiger partial charge in [-0.2, -0.15) is 5.10 Å². The first kappa shape index (κ1) is 21.5. The Morgan fingerprint density at radius 3 is 2.48 bits per heavy atom. The Labute approximate surface area is 191 Å². The fourth-order valence-corrected chi connectivity index (χ4v) is 4.45. The van der Waals surface area contributed by atoms with Crippen molar-refractivity contribution in [3.8, 4) is 11.1 Å². The van der Waals surface area contributed by atoms with Gasteiger partial charge in [-0.1, -0.05) is 49.2 Å². The van der Waals surface area contributed by atoms with Crippen LogP contribution in [0.2, 0.25) is 10.0 Å². The maximum Gasteiger partial charge on any atom is 0.168 e. The van der Waals surface area contributed by atoms with Crippen LogP contribution in [0.4, 0.5) is 0 Å².